The summed E-state index contributed by atoms with van der Waals surface area (Å²) in [7, 11) is 0. The molecule has 0 spiro atoms. The SMILES string of the molecule is O=C(Cc1ccc(F)c(F)c1)NC1C2CNCC21. The molecular weight excluding hydrogens is 238 g/mol. The van der Waals surface area contributed by atoms with E-state index in [1.165, 1.54) is 6.07 Å². The molecule has 1 saturated heterocycles. The van der Waals surface area contributed by atoms with Crippen molar-refractivity contribution in [1.29, 1.82) is 0 Å². The molecule has 2 fully saturated rings. The number of benzene rings is 1. The molecule has 1 aliphatic carbocycles. The molecule has 0 bridgehead atoms. The lowest BCUT2D eigenvalue weighted by atomic mass is 10.1. The number of carbonyl (C=O) groups is 1. The summed E-state index contributed by atoms with van der Waals surface area (Å²) in [6, 6.07) is 3.83. The number of nitrogens with one attached hydrogen (secondary N) is 2. The molecule has 2 N–H and O–H groups in total. The van der Waals surface area contributed by atoms with Gasteiger partial charge in [-0.25, -0.2) is 8.78 Å². The fourth-order valence-corrected chi connectivity index (χ4v) is 2.70. The lowest BCUT2D eigenvalue weighted by molar-refractivity contribution is -0.120. The highest BCUT2D eigenvalue weighted by atomic mass is 19.2. The second-order valence-corrected chi connectivity index (χ2v) is 5.00. The van der Waals surface area contributed by atoms with E-state index in [0.717, 1.165) is 25.2 Å². The molecule has 2 atom stereocenters. The molecule has 3 rings (SSSR count). The van der Waals surface area contributed by atoms with Crippen LogP contribution in [0.15, 0.2) is 18.2 Å². The first-order chi connectivity index (χ1) is 8.65. The topological polar surface area (TPSA) is 41.1 Å². The third-order valence-corrected chi connectivity index (χ3v) is 3.77. The summed E-state index contributed by atoms with van der Waals surface area (Å²) < 4.78 is 25.7. The van der Waals surface area contributed by atoms with Crippen molar-refractivity contribution in [1.82, 2.24) is 10.6 Å². The normalized spacial score (nSPS) is 28.9. The van der Waals surface area contributed by atoms with Crippen LogP contribution in [0.4, 0.5) is 8.78 Å². The molecule has 1 amide bonds. The van der Waals surface area contributed by atoms with Gasteiger partial charge in [-0.05, 0) is 29.5 Å². The van der Waals surface area contributed by atoms with E-state index < -0.39 is 11.6 Å². The van der Waals surface area contributed by atoms with Gasteiger partial charge >= 0.3 is 0 Å². The minimum atomic E-state index is -0.909. The molecule has 18 heavy (non-hydrogen) atoms. The van der Waals surface area contributed by atoms with Crippen molar-refractivity contribution >= 4 is 5.91 Å². The van der Waals surface area contributed by atoms with E-state index >= 15 is 0 Å². The summed E-state index contributed by atoms with van der Waals surface area (Å²) in [6.45, 7) is 1.92. The van der Waals surface area contributed by atoms with Crippen LogP contribution in [0.2, 0.25) is 0 Å². The van der Waals surface area contributed by atoms with E-state index in [1.807, 2.05) is 0 Å². The molecule has 1 aromatic carbocycles. The second kappa shape index (κ2) is 4.31. The molecule has 1 saturated carbocycles. The van der Waals surface area contributed by atoms with Gasteiger partial charge in [-0.3, -0.25) is 4.79 Å². The maximum atomic E-state index is 13.0. The van der Waals surface area contributed by atoms with E-state index in [-0.39, 0.29) is 18.4 Å². The maximum Gasteiger partial charge on any atom is 0.224 e. The van der Waals surface area contributed by atoms with Crippen molar-refractivity contribution in [3.8, 4) is 0 Å². The van der Waals surface area contributed by atoms with E-state index in [9.17, 15) is 13.6 Å². The van der Waals surface area contributed by atoms with Crippen LogP contribution in [0.1, 0.15) is 5.56 Å². The van der Waals surface area contributed by atoms with E-state index in [4.69, 9.17) is 0 Å². The molecule has 5 heteroatoms. The Bertz CT molecular complexity index is 482. The first-order valence-corrected chi connectivity index (χ1v) is 6.09. The second-order valence-electron chi connectivity index (χ2n) is 5.00. The van der Waals surface area contributed by atoms with Crippen molar-refractivity contribution in [2.24, 2.45) is 11.8 Å². The third-order valence-electron chi connectivity index (χ3n) is 3.77. The quantitative estimate of drug-likeness (QED) is 0.837. The Morgan fingerprint density at radius 1 is 1.28 bits per heavy atom. The number of amides is 1. The molecule has 1 aliphatic heterocycles. The van der Waals surface area contributed by atoms with Gasteiger partial charge in [0.25, 0.3) is 0 Å². The standard InChI is InChI=1S/C13H14F2N2O/c14-10-2-1-7(3-11(10)15)4-12(18)17-13-8-5-16-6-9(8)13/h1-3,8-9,13,16H,4-6H2,(H,17,18). The number of rotatable bonds is 3. The number of halogens is 2. The molecule has 1 heterocycles. The monoisotopic (exact) mass is 252 g/mol. The first-order valence-electron chi connectivity index (χ1n) is 6.09. The average molecular weight is 252 g/mol. The van der Waals surface area contributed by atoms with Crippen LogP contribution >= 0.6 is 0 Å². The van der Waals surface area contributed by atoms with E-state index in [1.54, 1.807) is 0 Å². The highest BCUT2D eigenvalue weighted by Gasteiger charge is 2.53. The fourth-order valence-electron chi connectivity index (χ4n) is 2.70. The fraction of sp³-hybridized carbons (Fsp3) is 0.462. The third kappa shape index (κ3) is 2.10. The summed E-state index contributed by atoms with van der Waals surface area (Å²) in [5, 5.41) is 6.19. The van der Waals surface area contributed by atoms with Gasteiger partial charge in [0.2, 0.25) is 5.91 Å². The smallest absolute Gasteiger partial charge is 0.224 e. The van der Waals surface area contributed by atoms with Gasteiger partial charge in [0.15, 0.2) is 11.6 Å². The van der Waals surface area contributed by atoms with Crippen LogP contribution in [-0.4, -0.2) is 25.0 Å². The molecule has 96 valence electrons. The van der Waals surface area contributed by atoms with Crippen molar-refractivity contribution in [2.45, 2.75) is 12.5 Å². The lowest BCUT2D eigenvalue weighted by Gasteiger charge is -2.08. The summed E-state index contributed by atoms with van der Waals surface area (Å²) >= 11 is 0. The largest absolute Gasteiger partial charge is 0.352 e. The van der Waals surface area contributed by atoms with Gasteiger partial charge in [-0.2, -0.15) is 0 Å². The number of carbonyl (C=O) groups excluding carboxylic acids is 1. The molecule has 0 radical (unpaired) electrons. The molecule has 3 nitrogen and oxygen atoms in total. The van der Waals surface area contributed by atoms with Gasteiger partial charge < -0.3 is 10.6 Å². The van der Waals surface area contributed by atoms with Crippen molar-refractivity contribution in [3.63, 3.8) is 0 Å². The average Bonchev–Trinajstić information content (AvgIpc) is 2.76. The van der Waals surface area contributed by atoms with Gasteiger partial charge in [-0.15, -0.1) is 0 Å². The highest BCUT2D eigenvalue weighted by molar-refractivity contribution is 5.79. The molecule has 2 unspecified atom stereocenters. The summed E-state index contributed by atoms with van der Waals surface area (Å²) in [5.41, 5.74) is 0.496. The highest BCUT2D eigenvalue weighted by Crippen LogP contribution is 2.41. The van der Waals surface area contributed by atoms with Crippen LogP contribution in [0.3, 0.4) is 0 Å². The van der Waals surface area contributed by atoms with Gasteiger partial charge in [0.1, 0.15) is 0 Å². The minimum absolute atomic E-state index is 0.0978. The number of fused-ring (bicyclic) bond motifs is 1. The minimum Gasteiger partial charge on any atom is -0.352 e. The van der Waals surface area contributed by atoms with Gasteiger partial charge in [0, 0.05) is 19.1 Å². The Labute approximate surface area is 104 Å². The van der Waals surface area contributed by atoms with Crippen molar-refractivity contribution in [2.75, 3.05) is 13.1 Å². The number of hydrogen-bond donors (Lipinski definition) is 2. The van der Waals surface area contributed by atoms with Gasteiger partial charge in [0.05, 0.1) is 6.42 Å². The molecule has 0 aromatic heterocycles. The maximum absolute atomic E-state index is 13.0. The summed E-state index contributed by atoms with van der Waals surface area (Å²) in [6.07, 6.45) is 0.0978. The van der Waals surface area contributed by atoms with Crippen LogP contribution in [0.5, 0.6) is 0 Å². The number of piperidine rings is 1. The molecular formula is C13H14F2N2O. The van der Waals surface area contributed by atoms with Crippen LogP contribution in [0.25, 0.3) is 0 Å². The first kappa shape index (κ1) is 11.6. The number of hydrogen-bond acceptors (Lipinski definition) is 2. The Kier molecular flexibility index (Phi) is 2.78. The zero-order valence-corrected chi connectivity index (χ0v) is 9.75. The summed E-state index contributed by atoms with van der Waals surface area (Å²) in [5.74, 6) is -0.812. The Hall–Kier alpha value is -1.49. The Balaban J connectivity index is 1.56. The van der Waals surface area contributed by atoms with Gasteiger partial charge in [-0.1, -0.05) is 6.07 Å². The lowest BCUT2D eigenvalue weighted by Crippen LogP contribution is -2.33. The predicted molar refractivity (Wildman–Crippen MR) is 61.8 cm³/mol. The van der Waals surface area contributed by atoms with E-state index in [0.29, 0.717) is 17.4 Å². The molecule has 2 aliphatic rings. The predicted octanol–water partition coefficient (Wildman–Crippen LogP) is 0.841. The van der Waals surface area contributed by atoms with Crippen molar-refractivity contribution in [3.05, 3.63) is 35.4 Å². The van der Waals surface area contributed by atoms with E-state index in [2.05, 4.69) is 10.6 Å². The zero-order chi connectivity index (χ0) is 12.7. The van der Waals surface area contributed by atoms with Crippen molar-refractivity contribution < 1.29 is 13.6 Å². The summed E-state index contributed by atoms with van der Waals surface area (Å²) in [4.78, 5) is 11.7. The Morgan fingerprint density at radius 3 is 2.67 bits per heavy atom. The Morgan fingerprint density at radius 2 is 2.00 bits per heavy atom. The van der Waals surface area contributed by atoms with Crippen LogP contribution < -0.4 is 10.6 Å². The zero-order valence-electron chi connectivity index (χ0n) is 9.75. The van der Waals surface area contributed by atoms with Crippen LogP contribution in [0, 0.1) is 23.5 Å². The molecule has 1 aromatic rings. The van der Waals surface area contributed by atoms with Crippen LogP contribution in [-0.2, 0) is 11.2 Å².